The second kappa shape index (κ2) is 6.27. The molecule has 0 saturated carbocycles. The van der Waals surface area contributed by atoms with Crippen LogP contribution in [0.1, 0.15) is 21.0 Å². The first-order valence-electron chi connectivity index (χ1n) is 7.51. The molecule has 0 spiro atoms. The van der Waals surface area contributed by atoms with Gasteiger partial charge < -0.3 is 4.52 Å². The van der Waals surface area contributed by atoms with Gasteiger partial charge in [0.15, 0.2) is 5.76 Å². The summed E-state index contributed by atoms with van der Waals surface area (Å²) in [5.74, 6) is -0.00335. The van der Waals surface area contributed by atoms with Crippen LogP contribution >= 0.6 is 11.3 Å². The number of benzene rings is 1. The molecule has 0 atom stereocenters. The van der Waals surface area contributed by atoms with E-state index in [1.165, 1.54) is 29.5 Å². The molecule has 5 nitrogen and oxygen atoms in total. The predicted octanol–water partition coefficient (Wildman–Crippen LogP) is 4.58. The van der Waals surface area contributed by atoms with Crippen molar-refractivity contribution < 1.29 is 17.3 Å². The Bertz CT molecular complexity index is 1050. The minimum Gasteiger partial charge on any atom is -0.356 e. The van der Waals surface area contributed by atoms with Crippen molar-refractivity contribution in [2.75, 3.05) is 4.72 Å². The van der Waals surface area contributed by atoms with Crippen LogP contribution in [0, 0.1) is 33.5 Å². The van der Waals surface area contributed by atoms with Gasteiger partial charge in [-0.3, -0.25) is 4.72 Å². The third kappa shape index (κ3) is 3.32. The van der Waals surface area contributed by atoms with E-state index in [2.05, 4.69) is 9.88 Å². The molecule has 0 aliphatic carbocycles. The van der Waals surface area contributed by atoms with Crippen LogP contribution in [-0.2, 0) is 10.0 Å². The Morgan fingerprint density at radius 1 is 1.12 bits per heavy atom. The number of hydrogen-bond donors (Lipinski definition) is 1. The van der Waals surface area contributed by atoms with E-state index in [-0.39, 0.29) is 4.90 Å². The molecule has 0 bridgehead atoms. The van der Waals surface area contributed by atoms with Gasteiger partial charge in [-0.05, 0) is 51.5 Å². The van der Waals surface area contributed by atoms with Crippen LogP contribution in [0.4, 0.5) is 10.1 Å². The number of rotatable bonds is 4. The standard InChI is InChI=1S/C17H17FN2O3S2/c1-9-7-13(18)5-6-14(9)20-25(21,22)17-12(4)24-11(3)16(17)15-8-10(2)19-23-15/h5-8,20H,1-4H3. The van der Waals surface area contributed by atoms with Crippen molar-refractivity contribution in [1.82, 2.24) is 5.16 Å². The summed E-state index contributed by atoms with van der Waals surface area (Å²) in [6.07, 6.45) is 0. The van der Waals surface area contributed by atoms with Crippen molar-refractivity contribution in [3.05, 3.63) is 51.1 Å². The van der Waals surface area contributed by atoms with E-state index >= 15 is 0 Å². The molecule has 8 heteroatoms. The fraction of sp³-hybridized carbons (Fsp3) is 0.235. The number of hydrogen-bond acceptors (Lipinski definition) is 5. The molecule has 0 unspecified atom stereocenters. The predicted molar refractivity (Wildman–Crippen MR) is 96.0 cm³/mol. The second-order valence-electron chi connectivity index (χ2n) is 5.82. The van der Waals surface area contributed by atoms with Crippen molar-refractivity contribution >= 4 is 27.0 Å². The number of sulfonamides is 1. The summed E-state index contributed by atoms with van der Waals surface area (Å²) < 4.78 is 47.1. The average molecular weight is 380 g/mol. The summed E-state index contributed by atoms with van der Waals surface area (Å²) in [6.45, 7) is 7.01. The normalized spacial score (nSPS) is 11.7. The van der Waals surface area contributed by atoms with Gasteiger partial charge >= 0.3 is 0 Å². The molecule has 0 aliphatic rings. The number of aryl methyl sites for hydroxylation is 4. The van der Waals surface area contributed by atoms with Gasteiger partial charge in [0.25, 0.3) is 10.0 Å². The average Bonchev–Trinajstić information content (AvgIpc) is 3.05. The quantitative estimate of drug-likeness (QED) is 0.719. The van der Waals surface area contributed by atoms with E-state index in [1.807, 2.05) is 6.92 Å². The third-order valence-electron chi connectivity index (χ3n) is 3.78. The summed E-state index contributed by atoms with van der Waals surface area (Å²) in [5.41, 5.74) is 2.02. The highest BCUT2D eigenvalue weighted by molar-refractivity contribution is 7.93. The van der Waals surface area contributed by atoms with Crippen molar-refractivity contribution in [2.24, 2.45) is 0 Å². The van der Waals surface area contributed by atoms with Gasteiger partial charge in [-0.25, -0.2) is 12.8 Å². The molecule has 1 aromatic carbocycles. The van der Waals surface area contributed by atoms with Crippen LogP contribution in [0.2, 0.25) is 0 Å². The van der Waals surface area contributed by atoms with Crippen LogP contribution in [-0.4, -0.2) is 13.6 Å². The molecule has 0 saturated heterocycles. The van der Waals surface area contributed by atoms with Gasteiger partial charge in [0.05, 0.1) is 16.9 Å². The van der Waals surface area contributed by atoms with E-state index in [9.17, 15) is 12.8 Å². The molecule has 0 amide bonds. The lowest BCUT2D eigenvalue weighted by Gasteiger charge is -2.12. The van der Waals surface area contributed by atoms with E-state index in [0.717, 1.165) is 4.88 Å². The monoisotopic (exact) mass is 380 g/mol. The SMILES string of the molecule is Cc1cc(-c2c(C)sc(C)c2S(=O)(=O)Nc2ccc(F)cc2C)on1. The molecule has 0 radical (unpaired) electrons. The minimum atomic E-state index is -3.88. The molecule has 25 heavy (non-hydrogen) atoms. The van der Waals surface area contributed by atoms with Gasteiger partial charge in [0.1, 0.15) is 10.7 Å². The van der Waals surface area contributed by atoms with Crippen LogP contribution in [0.3, 0.4) is 0 Å². The zero-order valence-electron chi connectivity index (χ0n) is 14.2. The van der Waals surface area contributed by atoms with Crippen molar-refractivity contribution in [3.63, 3.8) is 0 Å². The summed E-state index contributed by atoms with van der Waals surface area (Å²) in [4.78, 5) is 1.63. The first kappa shape index (κ1) is 17.6. The number of anilines is 1. The molecule has 2 heterocycles. The Morgan fingerprint density at radius 3 is 2.44 bits per heavy atom. The summed E-state index contributed by atoms with van der Waals surface area (Å²) >= 11 is 1.38. The molecule has 0 fully saturated rings. The maximum Gasteiger partial charge on any atom is 0.263 e. The molecule has 2 aromatic heterocycles. The lowest BCUT2D eigenvalue weighted by atomic mass is 10.2. The van der Waals surface area contributed by atoms with Gasteiger partial charge in [-0.2, -0.15) is 0 Å². The minimum absolute atomic E-state index is 0.162. The smallest absolute Gasteiger partial charge is 0.263 e. The highest BCUT2D eigenvalue weighted by atomic mass is 32.2. The van der Waals surface area contributed by atoms with Gasteiger partial charge in [0, 0.05) is 15.8 Å². The Balaban J connectivity index is 2.12. The van der Waals surface area contributed by atoms with Crippen LogP contribution < -0.4 is 4.72 Å². The Labute approximate surface area is 149 Å². The molecule has 3 aromatic rings. The highest BCUT2D eigenvalue weighted by Gasteiger charge is 2.28. The van der Waals surface area contributed by atoms with E-state index < -0.39 is 15.8 Å². The largest absolute Gasteiger partial charge is 0.356 e. The lowest BCUT2D eigenvalue weighted by molar-refractivity contribution is 0.426. The lowest BCUT2D eigenvalue weighted by Crippen LogP contribution is -2.15. The number of nitrogens with zero attached hydrogens (tertiary/aromatic N) is 1. The second-order valence-corrected chi connectivity index (χ2v) is 8.86. The van der Waals surface area contributed by atoms with Crippen molar-refractivity contribution in [2.45, 2.75) is 32.6 Å². The highest BCUT2D eigenvalue weighted by Crippen LogP contribution is 2.40. The fourth-order valence-corrected chi connectivity index (χ4v) is 5.69. The fourth-order valence-electron chi connectivity index (χ4n) is 2.69. The molecular formula is C17H17FN2O3S2. The first-order valence-corrected chi connectivity index (χ1v) is 9.81. The van der Waals surface area contributed by atoms with Crippen molar-refractivity contribution in [1.29, 1.82) is 0 Å². The molecular weight excluding hydrogens is 363 g/mol. The van der Waals surface area contributed by atoms with Crippen LogP contribution in [0.15, 0.2) is 33.7 Å². The first-order chi connectivity index (χ1) is 11.7. The zero-order chi connectivity index (χ0) is 18.4. The molecule has 132 valence electrons. The number of thiophene rings is 1. The summed E-state index contributed by atoms with van der Waals surface area (Å²) in [7, 11) is -3.88. The topological polar surface area (TPSA) is 72.2 Å². The number of halogens is 1. The van der Waals surface area contributed by atoms with E-state index in [0.29, 0.717) is 33.1 Å². The van der Waals surface area contributed by atoms with E-state index in [1.54, 1.807) is 26.8 Å². The van der Waals surface area contributed by atoms with Crippen LogP contribution in [0.25, 0.3) is 11.3 Å². The molecule has 1 N–H and O–H groups in total. The van der Waals surface area contributed by atoms with E-state index in [4.69, 9.17) is 4.52 Å². The van der Waals surface area contributed by atoms with Gasteiger partial charge in [-0.1, -0.05) is 5.16 Å². The Hall–Kier alpha value is -2.19. The maximum atomic E-state index is 13.3. The number of aromatic nitrogens is 1. The zero-order valence-corrected chi connectivity index (χ0v) is 15.8. The maximum absolute atomic E-state index is 13.3. The Morgan fingerprint density at radius 2 is 1.84 bits per heavy atom. The molecule has 3 rings (SSSR count). The third-order valence-corrected chi connectivity index (χ3v) is 6.47. The molecule has 0 aliphatic heterocycles. The van der Waals surface area contributed by atoms with Crippen molar-refractivity contribution in [3.8, 4) is 11.3 Å². The summed E-state index contributed by atoms with van der Waals surface area (Å²) in [5, 5.41) is 3.85. The van der Waals surface area contributed by atoms with Crippen LogP contribution in [0.5, 0.6) is 0 Å². The number of nitrogens with one attached hydrogen (secondary N) is 1. The van der Waals surface area contributed by atoms with Gasteiger partial charge in [-0.15, -0.1) is 11.3 Å². The summed E-state index contributed by atoms with van der Waals surface area (Å²) in [6, 6.07) is 5.62. The Kier molecular flexibility index (Phi) is 4.42. The van der Waals surface area contributed by atoms with Gasteiger partial charge in [0.2, 0.25) is 0 Å².